The lowest BCUT2D eigenvalue weighted by Crippen LogP contribution is -2.61. The second kappa shape index (κ2) is 14.4. The first kappa shape index (κ1) is 34.8. The Morgan fingerprint density at radius 2 is 1.51 bits per heavy atom. The third-order valence-corrected chi connectivity index (χ3v) is 13.2. The van der Waals surface area contributed by atoms with Crippen molar-refractivity contribution in [2.24, 2.45) is 23.7 Å². The topological polar surface area (TPSA) is 121 Å². The number of aliphatic hydroxyl groups is 1. The van der Waals surface area contributed by atoms with Gasteiger partial charge in [0.25, 0.3) is 0 Å². The molecule has 3 aromatic carbocycles. The number of amides is 2. The summed E-state index contributed by atoms with van der Waals surface area (Å²) in [6.07, 6.45) is 8.44. The molecule has 0 radical (unpaired) electrons. The molecule has 4 N–H and O–H groups in total. The van der Waals surface area contributed by atoms with E-state index in [-0.39, 0.29) is 48.0 Å². The Kier molecular flexibility index (Phi) is 9.42. The third kappa shape index (κ3) is 7.07. The van der Waals surface area contributed by atoms with Gasteiger partial charge in [0.15, 0.2) is 6.29 Å². The van der Waals surface area contributed by atoms with Crippen LogP contribution in [0.5, 0.6) is 0 Å². The van der Waals surface area contributed by atoms with E-state index in [1.165, 1.54) is 19.3 Å². The predicted molar refractivity (Wildman–Crippen MR) is 203 cm³/mol. The molecule has 6 aliphatic rings. The van der Waals surface area contributed by atoms with E-state index >= 15 is 0 Å². The number of aliphatic hydroxyl groups excluding tert-OH is 1. The molecule has 2 aliphatic heterocycles. The molecule has 1 aromatic heterocycles. The van der Waals surface area contributed by atoms with Gasteiger partial charge in [-0.1, -0.05) is 67.6 Å². The van der Waals surface area contributed by atoms with Crippen molar-refractivity contribution in [2.45, 2.75) is 102 Å². The summed E-state index contributed by atoms with van der Waals surface area (Å²) in [7, 11) is 0. The number of benzene rings is 3. The summed E-state index contributed by atoms with van der Waals surface area (Å²) >= 11 is 0. The minimum atomic E-state index is -0.553. The summed E-state index contributed by atoms with van der Waals surface area (Å²) in [6, 6.07) is 24.3. The van der Waals surface area contributed by atoms with Gasteiger partial charge in [-0.2, -0.15) is 0 Å². The van der Waals surface area contributed by atoms with Crippen molar-refractivity contribution in [1.82, 2.24) is 25.1 Å². The molecule has 3 heterocycles. The van der Waals surface area contributed by atoms with E-state index in [0.717, 1.165) is 103 Å². The summed E-state index contributed by atoms with van der Waals surface area (Å²) in [5, 5.41) is 16.2. The number of fused-ring (bicyclic) bond motifs is 1. The highest BCUT2D eigenvalue weighted by Gasteiger charge is 2.51. The van der Waals surface area contributed by atoms with Crippen molar-refractivity contribution in [2.75, 3.05) is 19.6 Å². The van der Waals surface area contributed by atoms with Gasteiger partial charge in [0.2, 0.25) is 0 Å². The normalized spacial score (nSPS) is 31.5. The number of para-hydroxylation sites is 2. The second-order valence-electron chi connectivity index (χ2n) is 16.9. The Morgan fingerprint density at radius 1 is 0.868 bits per heavy atom. The van der Waals surface area contributed by atoms with Gasteiger partial charge in [-0.05, 0) is 97.9 Å². The van der Waals surface area contributed by atoms with Crippen molar-refractivity contribution in [3.05, 3.63) is 106 Å². The lowest BCUT2D eigenvalue weighted by atomic mass is 9.53. The lowest BCUT2D eigenvalue weighted by Gasteiger charge is -2.56. The number of nitrogens with zero attached hydrogens (tertiary/aromatic N) is 2. The maximum Gasteiger partial charge on any atom is 0.326 e. The molecule has 0 spiro atoms. The van der Waals surface area contributed by atoms with E-state index in [4.69, 9.17) is 9.47 Å². The number of piperidine rings is 1. The first-order valence-corrected chi connectivity index (χ1v) is 19.9. The molecule has 53 heavy (non-hydrogen) atoms. The number of ether oxygens (including phenoxy) is 2. The van der Waals surface area contributed by atoms with Gasteiger partial charge in [0, 0.05) is 49.2 Å². The fourth-order valence-corrected chi connectivity index (χ4v) is 10.9. The number of hydrogen-bond donors (Lipinski definition) is 4. The standard InChI is InChI=1S/C43H53N5O5/c1-27-38(25-47-16-14-35(15-17-47)48-37-5-3-2-4-36(37)45-42(48)51)52-40(53-39(27)33-10-8-29(26-49)9-11-33)34-12-6-28(7-13-34)24-44-41(50)46-43-21-30-18-31(22-43)20-32(19-30)23-43/h2-13,27,30-32,35,38-40,49H,14-26H2,1H3,(H,45,51)(H2,44,46,50)/t27-,30?,31?,32?,38+,39+,40+,43?/m1/s1. The number of hydrogen-bond acceptors (Lipinski definition) is 6. The molecular weight excluding hydrogens is 667 g/mol. The fourth-order valence-electron chi connectivity index (χ4n) is 10.9. The zero-order valence-corrected chi connectivity index (χ0v) is 30.7. The van der Waals surface area contributed by atoms with Crippen molar-refractivity contribution < 1.29 is 19.4 Å². The van der Waals surface area contributed by atoms with Crippen molar-refractivity contribution in [3.63, 3.8) is 0 Å². The molecule has 4 aliphatic carbocycles. The number of carbonyl (C=O) groups is 1. The SMILES string of the molecule is C[C@@H]1[C@H](CN2CCC(n3c(=O)[nH]c4ccccc43)CC2)O[C@H](c2ccc(CNC(=O)NC34CC5CC(CC(C5)C3)C4)cc2)O[C@@H]1c1ccc(CO)cc1. The highest BCUT2D eigenvalue weighted by Crippen LogP contribution is 2.55. The zero-order chi connectivity index (χ0) is 36.1. The number of nitrogens with one attached hydrogen (secondary N) is 3. The molecule has 4 aromatic rings. The van der Waals surface area contributed by atoms with E-state index < -0.39 is 6.29 Å². The first-order valence-electron chi connectivity index (χ1n) is 19.9. The summed E-state index contributed by atoms with van der Waals surface area (Å²) < 4.78 is 15.5. The monoisotopic (exact) mass is 719 g/mol. The second-order valence-corrected chi connectivity index (χ2v) is 16.9. The molecule has 6 fully saturated rings. The highest BCUT2D eigenvalue weighted by atomic mass is 16.7. The van der Waals surface area contributed by atoms with Crippen LogP contribution in [0.1, 0.15) is 99.0 Å². The zero-order valence-electron chi connectivity index (χ0n) is 30.7. The van der Waals surface area contributed by atoms with Crippen LogP contribution in [0, 0.1) is 23.7 Å². The van der Waals surface area contributed by atoms with Crippen molar-refractivity contribution in [3.8, 4) is 0 Å². The number of imidazole rings is 1. The van der Waals surface area contributed by atoms with E-state index in [1.54, 1.807) is 0 Å². The fraction of sp³-hybridized carbons (Fsp3) is 0.535. The summed E-state index contributed by atoms with van der Waals surface area (Å²) in [6.45, 7) is 5.19. The van der Waals surface area contributed by atoms with Gasteiger partial charge in [0.1, 0.15) is 0 Å². The largest absolute Gasteiger partial charge is 0.392 e. The number of H-pyrrole nitrogens is 1. The molecule has 2 saturated heterocycles. The van der Waals surface area contributed by atoms with E-state index in [0.29, 0.717) is 6.54 Å². The number of carbonyl (C=O) groups excluding carboxylic acids is 1. The van der Waals surface area contributed by atoms with Gasteiger partial charge in [-0.15, -0.1) is 0 Å². The molecule has 10 nitrogen and oxygen atoms in total. The van der Waals surface area contributed by atoms with E-state index in [2.05, 4.69) is 63.8 Å². The van der Waals surface area contributed by atoms with Crippen LogP contribution in [0.2, 0.25) is 0 Å². The average molecular weight is 720 g/mol. The Balaban J connectivity index is 0.857. The van der Waals surface area contributed by atoms with Crippen LogP contribution >= 0.6 is 0 Å². The van der Waals surface area contributed by atoms with Crippen LogP contribution in [-0.2, 0) is 22.6 Å². The van der Waals surface area contributed by atoms with Crippen LogP contribution in [0.15, 0.2) is 77.6 Å². The molecular formula is C43H53N5O5. The molecule has 2 amide bonds. The Labute approximate surface area is 311 Å². The van der Waals surface area contributed by atoms with Crippen LogP contribution in [0.25, 0.3) is 11.0 Å². The van der Waals surface area contributed by atoms with Crippen LogP contribution in [0.3, 0.4) is 0 Å². The van der Waals surface area contributed by atoms with Gasteiger partial charge in [-0.3, -0.25) is 4.57 Å². The van der Waals surface area contributed by atoms with Gasteiger partial charge >= 0.3 is 11.7 Å². The summed E-state index contributed by atoms with van der Waals surface area (Å²) in [4.78, 5) is 31.5. The van der Waals surface area contributed by atoms with Crippen molar-refractivity contribution in [1.29, 1.82) is 0 Å². The highest BCUT2D eigenvalue weighted by molar-refractivity contribution is 5.75. The molecule has 0 unspecified atom stereocenters. The maximum absolute atomic E-state index is 13.1. The minimum Gasteiger partial charge on any atom is -0.392 e. The average Bonchev–Trinajstić information content (AvgIpc) is 3.50. The summed E-state index contributed by atoms with van der Waals surface area (Å²) in [5.74, 6) is 2.44. The summed E-state index contributed by atoms with van der Waals surface area (Å²) in [5.41, 5.74) is 5.72. The number of urea groups is 1. The number of aromatic amines is 1. The Morgan fingerprint density at radius 3 is 2.19 bits per heavy atom. The number of aromatic nitrogens is 2. The molecule has 4 atom stereocenters. The Bertz CT molecular complexity index is 1930. The van der Waals surface area contributed by atoms with Crippen LogP contribution in [0.4, 0.5) is 4.79 Å². The number of rotatable bonds is 9. The molecule has 280 valence electrons. The van der Waals surface area contributed by atoms with Gasteiger partial charge < -0.3 is 35.1 Å². The smallest absolute Gasteiger partial charge is 0.326 e. The minimum absolute atomic E-state index is 0.00147. The van der Waals surface area contributed by atoms with Gasteiger partial charge in [-0.25, -0.2) is 9.59 Å². The van der Waals surface area contributed by atoms with Crippen LogP contribution < -0.4 is 16.3 Å². The van der Waals surface area contributed by atoms with Crippen molar-refractivity contribution >= 4 is 17.1 Å². The van der Waals surface area contributed by atoms with E-state index in [9.17, 15) is 14.7 Å². The molecule has 4 saturated carbocycles. The molecule has 10 rings (SSSR count). The maximum atomic E-state index is 13.1. The first-order chi connectivity index (χ1) is 25.8. The lowest BCUT2D eigenvalue weighted by molar-refractivity contribution is -0.276. The van der Waals surface area contributed by atoms with Crippen LogP contribution in [-0.4, -0.2) is 56.9 Å². The Hall–Kier alpha value is -3.96. The predicted octanol–water partition coefficient (Wildman–Crippen LogP) is 6.72. The number of likely N-dealkylation sites (tertiary alicyclic amines) is 1. The quantitative estimate of drug-likeness (QED) is 0.153. The van der Waals surface area contributed by atoms with E-state index in [1.807, 2.05) is 41.0 Å². The third-order valence-electron chi connectivity index (χ3n) is 13.2. The molecule has 10 heteroatoms. The van der Waals surface area contributed by atoms with Gasteiger partial charge in [0.05, 0.1) is 29.8 Å². The molecule has 4 bridgehead atoms.